The number of carbonyl (C=O) groups is 1. The monoisotopic (exact) mass is 553 g/mol. The number of amides is 1. The third-order valence-corrected chi connectivity index (χ3v) is 8.92. The van der Waals surface area contributed by atoms with Gasteiger partial charge in [-0.15, -0.1) is 0 Å². The Kier molecular flexibility index (Phi) is 7.61. The number of carbonyl (C=O) groups excluding carboxylic acids is 1. The average molecular weight is 554 g/mol. The number of methoxy groups -OCH3 is 1. The summed E-state index contributed by atoms with van der Waals surface area (Å²) in [6, 6.07) is 11.0. The highest BCUT2D eigenvalue weighted by Gasteiger charge is 2.26. The van der Waals surface area contributed by atoms with Crippen molar-refractivity contribution >= 4 is 32.4 Å². The standard InChI is InChI=1S/C29H33F2N5O2S/c1-38-21-15-24(33-16-21)18-3-5-22(23(31)13-18)25-17-36-26-6-4-19(14-27(26)39-29(36)34-25)28(37)32-9-2-10-35-11-7-20(30)8-12-35/h3-6,13-14,17,20-21,24,33H,2,7-12,15-16H2,1H3,(H,32,37)/t21-,24-/m0/s1. The van der Waals surface area contributed by atoms with Crippen LogP contribution in [-0.2, 0) is 4.74 Å². The highest BCUT2D eigenvalue weighted by atomic mass is 32.1. The van der Waals surface area contributed by atoms with Crippen LogP contribution in [0.5, 0.6) is 0 Å². The van der Waals surface area contributed by atoms with Gasteiger partial charge in [0, 0.05) is 56.7 Å². The molecule has 39 heavy (non-hydrogen) atoms. The zero-order valence-electron chi connectivity index (χ0n) is 22.0. The molecular weight excluding hydrogens is 520 g/mol. The number of thiazole rings is 1. The van der Waals surface area contributed by atoms with Gasteiger partial charge in [-0.1, -0.05) is 17.4 Å². The average Bonchev–Trinajstić information content (AvgIpc) is 3.66. The van der Waals surface area contributed by atoms with Crippen molar-refractivity contribution in [1.82, 2.24) is 24.9 Å². The van der Waals surface area contributed by atoms with E-state index in [2.05, 4.69) is 15.5 Å². The van der Waals surface area contributed by atoms with Crippen molar-refractivity contribution in [1.29, 1.82) is 0 Å². The van der Waals surface area contributed by atoms with Crippen LogP contribution < -0.4 is 10.6 Å². The molecule has 1 amide bonds. The molecule has 4 aromatic rings. The summed E-state index contributed by atoms with van der Waals surface area (Å²) in [7, 11) is 1.70. The highest BCUT2D eigenvalue weighted by molar-refractivity contribution is 7.23. The lowest BCUT2D eigenvalue weighted by molar-refractivity contribution is 0.0950. The van der Waals surface area contributed by atoms with E-state index < -0.39 is 6.17 Å². The number of nitrogens with one attached hydrogen (secondary N) is 2. The number of hydrogen-bond acceptors (Lipinski definition) is 6. The zero-order valence-corrected chi connectivity index (χ0v) is 22.8. The third-order valence-electron chi connectivity index (χ3n) is 7.91. The van der Waals surface area contributed by atoms with Crippen molar-refractivity contribution in [2.24, 2.45) is 0 Å². The predicted molar refractivity (Wildman–Crippen MR) is 150 cm³/mol. The fourth-order valence-electron chi connectivity index (χ4n) is 5.60. The Morgan fingerprint density at radius 3 is 2.85 bits per heavy atom. The fourth-order valence-corrected chi connectivity index (χ4v) is 6.64. The minimum Gasteiger partial charge on any atom is -0.380 e. The maximum Gasteiger partial charge on any atom is 0.251 e. The van der Waals surface area contributed by atoms with Crippen LogP contribution >= 0.6 is 11.3 Å². The van der Waals surface area contributed by atoms with E-state index in [9.17, 15) is 9.18 Å². The summed E-state index contributed by atoms with van der Waals surface area (Å²) in [6.07, 6.45) is 4.20. The van der Waals surface area contributed by atoms with Gasteiger partial charge in [0.05, 0.1) is 22.0 Å². The van der Waals surface area contributed by atoms with Crippen LogP contribution in [0.25, 0.3) is 26.4 Å². The summed E-state index contributed by atoms with van der Waals surface area (Å²) in [5.74, 6) is -0.405. The summed E-state index contributed by atoms with van der Waals surface area (Å²) in [4.78, 5) is 20.4. The number of rotatable bonds is 8. The van der Waals surface area contributed by atoms with Crippen LogP contribution in [0.1, 0.15) is 47.6 Å². The van der Waals surface area contributed by atoms with Crippen LogP contribution in [0.2, 0.25) is 0 Å². The van der Waals surface area contributed by atoms with Crippen LogP contribution in [0, 0.1) is 5.82 Å². The second kappa shape index (κ2) is 11.3. The van der Waals surface area contributed by atoms with Gasteiger partial charge in [0.2, 0.25) is 0 Å². The first kappa shape index (κ1) is 26.3. The topological polar surface area (TPSA) is 70.9 Å². The van der Waals surface area contributed by atoms with Gasteiger partial charge in [-0.2, -0.15) is 0 Å². The molecule has 2 aliphatic rings. The summed E-state index contributed by atoms with van der Waals surface area (Å²) in [6.45, 7) is 3.79. The number of halogens is 2. The van der Waals surface area contributed by atoms with Crippen molar-refractivity contribution in [2.75, 3.05) is 39.8 Å². The lowest BCUT2D eigenvalue weighted by Crippen LogP contribution is -2.36. The molecule has 7 nitrogen and oxygen atoms in total. The van der Waals surface area contributed by atoms with E-state index in [-0.39, 0.29) is 23.9 Å². The maximum atomic E-state index is 15.1. The van der Waals surface area contributed by atoms with Gasteiger partial charge >= 0.3 is 0 Å². The Morgan fingerprint density at radius 1 is 1.23 bits per heavy atom. The second-order valence-corrected chi connectivity index (χ2v) is 11.5. The molecule has 0 aliphatic carbocycles. The number of alkyl halides is 1. The number of piperidine rings is 1. The number of hydrogen-bond donors (Lipinski definition) is 2. The Bertz CT molecular complexity index is 1480. The van der Waals surface area contributed by atoms with Gasteiger partial charge in [0.25, 0.3) is 5.91 Å². The van der Waals surface area contributed by atoms with E-state index in [4.69, 9.17) is 9.72 Å². The molecule has 2 atom stereocenters. The molecule has 0 spiro atoms. The van der Waals surface area contributed by atoms with Crippen molar-refractivity contribution in [3.63, 3.8) is 0 Å². The van der Waals surface area contributed by atoms with Gasteiger partial charge in [-0.25, -0.2) is 13.8 Å². The van der Waals surface area contributed by atoms with E-state index in [1.807, 2.05) is 34.9 Å². The van der Waals surface area contributed by atoms with Crippen molar-refractivity contribution < 1.29 is 18.3 Å². The molecule has 0 saturated carbocycles. The van der Waals surface area contributed by atoms with Crippen molar-refractivity contribution in [3.8, 4) is 11.3 Å². The molecule has 2 fully saturated rings. The molecule has 2 N–H and O–H groups in total. The van der Waals surface area contributed by atoms with Gasteiger partial charge in [-0.05, 0) is 68.1 Å². The van der Waals surface area contributed by atoms with Crippen LogP contribution in [-0.4, -0.2) is 72.3 Å². The van der Waals surface area contributed by atoms with Gasteiger partial charge in [0.1, 0.15) is 12.0 Å². The molecule has 10 heteroatoms. The van der Waals surface area contributed by atoms with Crippen LogP contribution in [0.3, 0.4) is 0 Å². The summed E-state index contributed by atoms with van der Waals surface area (Å²) in [5.41, 5.74) is 3.49. The second-order valence-electron chi connectivity index (χ2n) is 10.5. The molecule has 0 radical (unpaired) electrons. The maximum absolute atomic E-state index is 15.1. The molecule has 0 unspecified atom stereocenters. The summed E-state index contributed by atoms with van der Waals surface area (Å²) in [5, 5.41) is 6.38. The lowest BCUT2D eigenvalue weighted by Gasteiger charge is -2.28. The minimum atomic E-state index is -0.667. The van der Waals surface area contributed by atoms with E-state index in [1.54, 1.807) is 19.2 Å². The van der Waals surface area contributed by atoms with E-state index in [1.165, 1.54) is 11.3 Å². The number of imidazole rings is 1. The van der Waals surface area contributed by atoms with E-state index >= 15 is 4.39 Å². The number of aromatic nitrogens is 2. The Balaban J connectivity index is 1.11. The quantitative estimate of drug-likeness (QED) is 0.302. The van der Waals surface area contributed by atoms with Crippen molar-refractivity contribution in [2.45, 2.75) is 44.0 Å². The first-order chi connectivity index (χ1) is 19.0. The molecule has 2 saturated heterocycles. The summed E-state index contributed by atoms with van der Waals surface area (Å²) < 4.78 is 36.7. The first-order valence-corrected chi connectivity index (χ1v) is 14.4. The predicted octanol–water partition coefficient (Wildman–Crippen LogP) is 4.96. The Labute approximate surface area is 230 Å². The SMILES string of the molecule is CO[C@@H]1CN[C@H](c2ccc(-c3cn4c(n3)sc3cc(C(=O)NCCCN5CCC(F)CC5)ccc34)c(F)c2)C1. The molecule has 6 rings (SSSR count). The number of benzene rings is 2. The third kappa shape index (κ3) is 5.56. The summed E-state index contributed by atoms with van der Waals surface area (Å²) >= 11 is 1.48. The molecular formula is C29H33F2N5O2S. The van der Waals surface area contributed by atoms with Crippen molar-refractivity contribution in [3.05, 3.63) is 59.5 Å². The molecule has 2 aromatic carbocycles. The van der Waals surface area contributed by atoms with Crippen LogP contribution in [0.4, 0.5) is 8.78 Å². The molecule has 4 heterocycles. The largest absolute Gasteiger partial charge is 0.380 e. The fraction of sp³-hybridized carbons (Fsp3) is 0.448. The van der Waals surface area contributed by atoms with Gasteiger partial charge < -0.3 is 20.3 Å². The van der Waals surface area contributed by atoms with Gasteiger partial charge in [-0.3, -0.25) is 9.20 Å². The molecule has 2 aromatic heterocycles. The molecule has 0 bridgehead atoms. The molecule has 206 valence electrons. The highest BCUT2D eigenvalue weighted by Crippen LogP contribution is 2.33. The normalized spacial score (nSPS) is 20.8. The molecule has 2 aliphatic heterocycles. The zero-order chi connectivity index (χ0) is 26.9. The Morgan fingerprint density at radius 2 is 2.08 bits per heavy atom. The number of nitrogens with zero attached hydrogens (tertiary/aromatic N) is 3. The Hall–Kier alpha value is -2.92. The first-order valence-electron chi connectivity index (χ1n) is 13.6. The number of fused-ring (bicyclic) bond motifs is 3. The number of likely N-dealkylation sites (tertiary alicyclic amines) is 1. The minimum absolute atomic E-state index is 0.0829. The van der Waals surface area contributed by atoms with E-state index in [0.717, 1.165) is 59.8 Å². The van der Waals surface area contributed by atoms with Crippen LogP contribution in [0.15, 0.2) is 42.6 Å². The lowest BCUT2D eigenvalue weighted by atomic mass is 10.0. The van der Waals surface area contributed by atoms with E-state index in [0.29, 0.717) is 36.2 Å². The number of ether oxygens (including phenoxy) is 1. The smallest absolute Gasteiger partial charge is 0.251 e. The van der Waals surface area contributed by atoms with Gasteiger partial charge in [0.15, 0.2) is 4.96 Å².